The number of anilines is 3. The number of amidine groups is 1. The number of halogens is 1. The molecule has 0 saturated carbocycles. The smallest absolute Gasteiger partial charge is 0.276 e. The zero-order chi connectivity index (χ0) is 26.1. The first-order valence-corrected chi connectivity index (χ1v) is 12.9. The van der Waals surface area contributed by atoms with Gasteiger partial charge in [0.25, 0.3) is 5.91 Å². The maximum Gasteiger partial charge on any atom is 0.276 e. The van der Waals surface area contributed by atoms with Crippen molar-refractivity contribution in [3.63, 3.8) is 0 Å². The first kappa shape index (κ1) is 24.7. The lowest BCUT2D eigenvalue weighted by Gasteiger charge is -2.16. The van der Waals surface area contributed by atoms with Crippen molar-refractivity contribution in [3.8, 4) is 5.75 Å². The van der Waals surface area contributed by atoms with E-state index in [1.165, 1.54) is 17.0 Å². The number of phenols is 1. The van der Waals surface area contributed by atoms with Crippen molar-refractivity contribution >= 4 is 73.4 Å². The molecule has 1 unspecified atom stereocenters. The Morgan fingerprint density at radius 1 is 1.08 bits per heavy atom. The van der Waals surface area contributed by atoms with E-state index >= 15 is 0 Å². The van der Waals surface area contributed by atoms with Crippen LogP contribution in [-0.4, -0.2) is 39.0 Å². The molecule has 3 aromatic carbocycles. The Bertz CT molecular complexity index is 1470. The maximum atomic E-state index is 13.4. The SMILES string of the molecule is Cc1ccc2c(c1)/C(=N/N=C1SC(CC(=O)Nc3ccc(Br)cc3)C(=O)N1c1ccc(O)cc1)C(=O)N2. The summed E-state index contributed by atoms with van der Waals surface area (Å²) in [6, 6.07) is 18.7. The van der Waals surface area contributed by atoms with Gasteiger partial charge in [-0.15, -0.1) is 10.2 Å². The van der Waals surface area contributed by atoms with E-state index in [0.29, 0.717) is 22.6 Å². The van der Waals surface area contributed by atoms with Gasteiger partial charge >= 0.3 is 0 Å². The molecule has 9 nitrogen and oxygen atoms in total. The lowest BCUT2D eigenvalue weighted by molar-refractivity contribution is -0.121. The molecule has 1 saturated heterocycles. The maximum absolute atomic E-state index is 13.4. The van der Waals surface area contributed by atoms with Gasteiger partial charge in [0.2, 0.25) is 11.8 Å². The Balaban J connectivity index is 1.43. The summed E-state index contributed by atoms with van der Waals surface area (Å²) in [4.78, 5) is 40.0. The molecule has 0 aliphatic carbocycles. The van der Waals surface area contributed by atoms with E-state index in [0.717, 1.165) is 21.8 Å². The standard InChI is InChI=1S/C26H20BrN5O4S/c1-14-2-11-20-19(12-14)23(24(35)29-20)30-31-26-32(17-7-9-18(33)10-8-17)25(36)21(37-26)13-22(34)28-16-5-3-15(27)4-6-16/h2-12,21,33H,13H2,1H3,(H,28,34)(H,29,30,35). The average Bonchev–Trinajstić information content (AvgIpc) is 3.34. The summed E-state index contributed by atoms with van der Waals surface area (Å²) in [5.74, 6) is -1.03. The molecule has 1 fully saturated rings. The lowest BCUT2D eigenvalue weighted by atomic mass is 10.1. The first-order valence-electron chi connectivity index (χ1n) is 11.2. The highest BCUT2D eigenvalue weighted by molar-refractivity contribution is 9.10. The lowest BCUT2D eigenvalue weighted by Crippen LogP contribution is -2.33. The third-order valence-corrected chi connectivity index (χ3v) is 7.33. The largest absolute Gasteiger partial charge is 0.508 e. The van der Waals surface area contributed by atoms with Crippen molar-refractivity contribution in [1.29, 1.82) is 0 Å². The molecule has 11 heteroatoms. The Labute approximate surface area is 224 Å². The van der Waals surface area contributed by atoms with Crippen molar-refractivity contribution in [2.75, 3.05) is 15.5 Å². The number of thioether (sulfide) groups is 1. The number of fused-ring (bicyclic) bond motifs is 1. The van der Waals surface area contributed by atoms with E-state index in [4.69, 9.17) is 0 Å². The summed E-state index contributed by atoms with van der Waals surface area (Å²) < 4.78 is 0.882. The molecule has 5 rings (SSSR count). The summed E-state index contributed by atoms with van der Waals surface area (Å²) in [5, 5.41) is 23.2. The molecule has 3 amide bonds. The number of nitrogens with zero attached hydrogens (tertiary/aromatic N) is 3. The predicted octanol–water partition coefficient (Wildman–Crippen LogP) is 4.65. The van der Waals surface area contributed by atoms with Crippen molar-refractivity contribution in [3.05, 3.63) is 82.3 Å². The van der Waals surface area contributed by atoms with E-state index < -0.39 is 5.25 Å². The normalized spacial score (nSPS) is 18.9. The highest BCUT2D eigenvalue weighted by Crippen LogP contribution is 2.35. The number of rotatable bonds is 5. The number of hydrogen-bond donors (Lipinski definition) is 3. The quantitative estimate of drug-likeness (QED) is 0.381. The minimum absolute atomic E-state index is 0.0433. The molecule has 3 N–H and O–H groups in total. The molecule has 0 bridgehead atoms. The van der Waals surface area contributed by atoms with E-state index in [-0.39, 0.29) is 40.8 Å². The summed E-state index contributed by atoms with van der Waals surface area (Å²) >= 11 is 4.45. The average molecular weight is 578 g/mol. The molecule has 0 radical (unpaired) electrons. The number of benzene rings is 3. The highest BCUT2D eigenvalue weighted by Gasteiger charge is 2.40. The molecule has 186 valence electrons. The van der Waals surface area contributed by atoms with E-state index in [1.54, 1.807) is 42.5 Å². The van der Waals surface area contributed by atoms with Gasteiger partial charge < -0.3 is 15.7 Å². The van der Waals surface area contributed by atoms with Crippen LogP contribution in [0.1, 0.15) is 17.5 Å². The van der Waals surface area contributed by atoms with Gasteiger partial charge in [-0.05, 0) is 67.6 Å². The highest BCUT2D eigenvalue weighted by atomic mass is 79.9. The molecular weight excluding hydrogens is 558 g/mol. The molecule has 0 aromatic heterocycles. The molecule has 37 heavy (non-hydrogen) atoms. The van der Waals surface area contributed by atoms with Crippen LogP contribution in [0.2, 0.25) is 0 Å². The zero-order valence-electron chi connectivity index (χ0n) is 19.4. The summed E-state index contributed by atoms with van der Waals surface area (Å²) in [7, 11) is 0. The fourth-order valence-corrected chi connectivity index (χ4v) is 5.23. The molecular formula is C26H20BrN5O4S. The van der Waals surface area contributed by atoms with Crippen molar-refractivity contribution in [2.24, 2.45) is 10.2 Å². The van der Waals surface area contributed by atoms with Crippen LogP contribution in [0.3, 0.4) is 0 Å². The molecule has 2 aliphatic rings. The monoisotopic (exact) mass is 577 g/mol. The summed E-state index contributed by atoms with van der Waals surface area (Å²) in [6.45, 7) is 1.91. The van der Waals surface area contributed by atoms with Crippen molar-refractivity contribution in [1.82, 2.24) is 0 Å². The third-order valence-electron chi connectivity index (χ3n) is 5.67. The van der Waals surface area contributed by atoms with Crippen LogP contribution in [0.15, 0.2) is 81.4 Å². The molecule has 0 spiro atoms. The minimum atomic E-state index is -0.755. The van der Waals surface area contributed by atoms with Gasteiger partial charge in [-0.2, -0.15) is 0 Å². The Hall–Kier alpha value is -3.96. The van der Waals surface area contributed by atoms with Crippen LogP contribution in [0.4, 0.5) is 17.1 Å². The number of hydrogen-bond acceptors (Lipinski definition) is 7. The summed E-state index contributed by atoms with van der Waals surface area (Å²) in [6.07, 6.45) is -0.0910. The summed E-state index contributed by atoms with van der Waals surface area (Å²) in [5.41, 5.74) is 3.44. The van der Waals surface area contributed by atoms with E-state index in [1.807, 2.05) is 19.1 Å². The molecule has 1 atom stereocenters. The van der Waals surface area contributed by atoms with Gasteiger partial charge in [-0.25, -0.2) is 0 Å². The Morgan fingerprint density at radius 2 is 1.81 bits per heavy atom. The van der Waals surface area contributed by atoms with Crippen LogP contribution in [0.25, 0.3) is 0 Å². The Morgan fingerprint density at radius 3 is 2.54 bits per heavy atom. The van der Waals surface area contributed by atoms with Gasteiger partial charge in [-0.1, -0.05) is 39.3 Å². The van der Waals surface area contributed by atoms with Crippen LogP contribution < -0.4 is 15.5 Å². The van der Waals surface area contributed by atoms with E-state index in [9.17, 15) is 19.5 Å². The number of aromatic hydroxyl groups is 1. The predicted molar refractivity (Wildman–Crippen MR) is 148 cm³/mol. The van der Waals surface area contributed by atoms with Crippen LogP contribution in [0, 0.1) is 6.92 Å². The second-order valence-electron chi connectivity index (χ2n) is 8.39. The minimum Gasteiger partial charge on any atom is -0.508 e. The topological polar surface area (TPSA) is 123 Å². The van der Waals surface area contributed by atoms with Crippen molar-refractivity contribution < 1.29 is 19.5 Å². The Kier molecular flexibility index (Phi) is 6.81. The van der Waals surface area contributed by atoms with Crippen LogP contribution in [0.5, 0.6) is 5.75 Å². The zero-order valence-corrected chi connectivity index (χ0v) is 21.8. The fourth-order valence-electron chi connectivity index (χ4n) is 3.88. The van der Waals surface area contributed by atoms with Gasteiger partial charge in [0.1, 0.15) is 11.0 Å². The number of phenolic OH excluding ortho intramolecular Hbond substituents is 1. The molecule has 2 heterocycles. The number of amides is 3. The number of carbonyl (C=O) groups is 3. The number of carbonyl (C=O) groups excluding carboxylic acids is 3. The van der Waals surface area contributed by atoms with Crippen LogP contribution >= 0.6 is 27.7 Å². The van der Waals surface area contributed by atoms with E-state index in [2.05, 4.69) is 36.8 Å². The fraction of sp³-hybridized carbons (Fsp3) is 0.115. The second kappa shape index (κ2) is 10.2. The molecule has 3 aromatic rings. The van der Waals surface area contributed by atoms with Crippen LogP contribution in [-0.2, 0) is 14.4 Å². The molecule has 2 aliphatic heterocycles. The van der Waals surface area contributed by atoms with Crippen molar-refractivity contribution in [2.45, 2.75) is 18.6 Å². The first-order chi connectivity index (χ1) is 17.8. The number of aryl methyl sites for hydroxylation is 1. The van der Waals surface area contributed by atoms with Gasteiger partial charge in [0, 0.05) is 22.1 Å². The van der Waals surface area contributed by atoms with Gasteiger partial charge in [0.05, 0.1) is 11.4 Å². The third kappa shape index (κ3) is 5.27. The van der Waals surface area contributed by atoms with Gasteiger partial charge in [-0.3, -0.25) is 19.3 Å². The number of nitrogens with one attached hydrogen (secondary N) is 2. The second-order valence-corrected chi connectivity index (χ2v) is 10.5. The van der Waals surface area contributed by atoms with Gasteiger partial charge in [0.15, 0.2) is 10.9 Å².